The van der Waals surface area contributed by atoms with Crippen LogP contribution in [0.3, 0.4) is 0 Å². The van der Waals surface area contributed by atoms with Gasteiger partial charge < -0.3 is 9.84 Å². The van der Waals surface area contributed by atoms with E-state index in [1.54, 1.807) is 6.92 Å². The molecule has 19 heavy (non-hydrogen) atoms. The number of hydrogen-bond donors (Lipinski definition) is 1. The van der Waals surface area contributed by atoms with E-state index in [0.29, 0.717) is 5.56 Å². The van der Waals surface area contributed by atoms with Crippen LogP contribution in [-0.4, -0.2) is 11.1 Å². The van der Waals surface area contributed by atoms with Crippen molar-refractivity contribution in [2.45, 2.75) is 6.92 Å². The predicted molar refractivity (Wildman–Crippen MR) is 64.6 cm³/mol. The highest BCUT2D eigenvalue weighted by Crippen LogP contribution is 2.29. The Morgan fingerprint density at radius 1 is 1.16 bits per heavy atom. The summed E-state index contributed by atoms with van der Waals surface area (Å²) in [7, 11) is 0. The second-order valence-electron chi connectivity index (χ2n) is 3.93. The minimum atomic E-state index is -1.42. The Morgan fingerprint density at radius 2 is 1.89 bits per heavy atom. The summed E-state index contributed by atoms with van der Waals surface area (Å²) in [4.78, 5) is 11.0. The summed E-state index contributed by atoms with van der Waals surface area (Å²) in [6.45, 7) is 1.61. The Balaban J connectivity index is 2.44. The van der Waals surface area contributed by atoms with E-state index in [0.717, 1.165) is 6.07 Å². The van der Waals surface area contributed by atoms with Gasteiger partial charge in [-0.2, -0.15) is 0 Å². The fourth-order valence-corrected chi connectivity index (χ4v) is 1.64. The molecule has 5 heteroatoms. The third-order valence-corrected chi connectivity index (χ3v) is 2.55. The number of ether oxygens (including phenoxy) is 1. The molecule has 0 aliphatic heterocycles. The molecular formula is C14H10F2O3. The van der Waals surface area contributed by atoms with Gasteiger partial charge in [-0.15, -0.1) is 0 Å². The molecule has 98 valence electrons. The van der Waals surface area contributed by atoms with Crippen LogP contribution in [-0.2, 0) is 0 Å². The van der Waals surface area contributed by atoms with Gasteiger partial charge in [-0.1, -0.05) is 6.07 Å². The highest BCUT2D eigenvalue weighted by atomic mass is 19.1. The monoisotopic (exact) mass is 264 g/mol. The molecule has 2 aromatic carbocycles. The van der Waals surface area contributed by atoms with Gasteiger partial charge in [0.2, 0.25) is 0 Å². The van der Waals surface area contributed by atoms with Gasteiger partial charge in [-0.3, -0.25) is 0 Å². The fourth-order valence-electron chi connectivity index (χ4n) is 1.64. The number of benzene rings is 2. The summed E-state index contributed by atoms with van der Waals surface area (Å²) in [6, 6.07) is 7.51. The van der Waals surface area contributed by atoms with Gasteiger partial charge in [0.15, 0.2) is 0 Å². The van der Waals surface area contributed by atoms with E-state index in [1.807, 2.05) is 0 Å². The van der Waals surface area contributed by atoms with Crippen molar-refractivity contribution < 1.29 is 23.4 Å². The summed E-state index contributed by atoms with van der Waals surface area (Å²) in [5, 5.41) is 8.96. The van der Waals surface area contributed by atoms with Crippen molar-refractivity contribution in [3.8, 4) is 11.5 Å². The topological polar surface area (TPSA) is 46.5 Å². The molecule has 0 saturated carbocycles. The first-order valence-electron chi connectivity index (χ1n) is 5.45. The molecule has 0 amide bonds. The van der Waals surface area contributed by atoms with Gasteiger partial charge in [0, 0.05) is 0 Å². The molecule has 0 aliphatic rings. The number of hydrogen-bond acceptors (Lipinski definition) is 2. The van der Waals surface area contributed by atoms with Crippen molar-refractivity contribution in [3.63, 3.8) is 0 Å². The molecule has 0 unspecified atom stereocenters. The van der Waals surface area contributed by atoms with Crippen molar-refractivity contribution in [1.29, 1.82) is 0 Å². The molecule has 2 rings (SSSR count). The molecule has 0 atom stereocenters. The van der Waals surface area contributed by atoms with E-state index in [2.05, 4.69) is 0 Å². The standard InChI is InChI=1S/C14H10F2O3/c1-8-7-9(15)5-6-11(8)19-12-4-2-3-10(16)13(12)14(17)18/h2-7H,1H3,(H,17,18). The van der Waals surface area contributed by atoms with Crippen LogP contribution < -0.4 is 4.74 Å². The maximum Gasteiger partial charge on any atom is 0.342 e. The molecule has 0 radical (unpaired) electrons. The maximum absolute atomic E-state index is 13.4. The molecule has 0 saturated heterocycles. The summed E-state index contributed by atoms with van der Waals surface area (Å²) in [6.07, 6.45) is 0. The lowest BCUT2D eigenvalue weighted by molar-refractivity contribution is 0.0689. The van der Waals surface area contributed by atoms with E-state index >= 15 is 0 Å². The van der Waals surface area contributed by atoms with Crippen LogP contribution in [0.1, 0.15) is 15.9 Å². The number of rotatable bonds is 3. The lowest BCUT2D eigenvalue weighted by Crippen LogP contribution is -2.03. The number of halogens is 2. The van der Waals surface area contributed by atoms with Gasteiger partial charge in [-0.25, -0.2) is 13.6 Å². The molecule has 0 heterocycles. The van der Waals surface area contributed by atoms with Gasteiger partial charge in [0.1, 0.15) is 28.7 Å². The Kier molecular flexibility index (Phi) is 3.46. The van der Waals surface area contributed by atoms with Gasteiger partial charge in [0.05, 0.1) is 0 Å². The normalized spacial score (nSPS) is 10.3. The third kappa shape index (κ3) is 2.70. The van der Waals surface area contributed by atoms with Crippen molar-refractivity contribution in [2.24, 2.45) is 0 Å². The van der Waals surface area contributed by atoms with E-state index < -0.39 is 23.2 Å². The highest BCUT2D eigenvalue weighted by molar-refractivity contribution is 5.91. The SMILES string of the molecule is Cc1cc(F)ccc1Oc1cccc(F)c1C(=O)O. The van der Waals surface area contributed by atoms with E-state index in [9.17, 15) is 13.6 Å². The van der Waals surface area contributed by atoms with Crippen LogP contribution in [0.15, 0.2) is 36.4 Å². The largest absolute Gasteiger partial charge is 0.477 e. The fraction of sp³-hybridized carbons (Fsp3) is 0.0714. The van der Waals surface area contributed by atoms with Crippen LogP contribution in [0.5, 0.6) is 11.5 Å². The molecule has 0 spiro atoms. The van der Waals surface area contributed by atoms with Gasteiger partial charge in [0.25, 0.3) is 0 Å². The number of aryl methyl sites for hydroxylation is 1. The van der Waals surface area contributed by atoms with Crippen LogP contribution >= 0.6 is 0 Å². The van der Waals surface area contributed by atoms with Crippen molar-refractivity contribution in [1.82, 2.24) is 0 Å². The first-order valence-corrected chi connectivity index (χ1v) is 5.45. The molecule has 1 N–H and O–H groups in total. The number of carboxylic acid groups (broad SMARTS) is 1. The molecule has 0 aromatic heterocycles. The van der Waals surface area contributed by atoms with E-state index in [-0.39, 0.29) is 11.5 Å². The molecule has 2 aromatic rings. The summed E-state index contributed by atoms with van der Waals surface area (Å²) >= 11 is 0. The Hall–Kier alpha value is -2.43. The van der Waals surface area contributed by atoms with Crippen LogP contribution in [0.25, 0.3) is 0 Å². The molecule has 0 aliphatic carbocycles. The summed E-state index contributed by atoms with van der Waals surface area (Å²) < 4.78 is 31.7. The Bertz CT molecular complexity index is 639. The lowest BCUT2D eigenvalue weighted by atomic mass is 10.2. The summed E-state index contributed by atoms with van der Waals surface area (Å²) in [5.41, 5.74) is -0.0631. The first kappa shape index (κ1) is 13.0. The molecule has 0 bridgehead atoms. The van der Waals surface area contributed by atoms with Crippen LogP contribution in [0, 0.1) is 18.6 Å². The van der Waals surface area contributed by atoms with Crippen molar-refractivity contribution >= 4 is 5.97 Å². The minimum absolute atomic E-state index is 0.123. The lowest BCUT2D eigenvalue weighted by Gasteiger charge is -2.11. The number of carboxylic acids is 1. The molecular weight excluding hydrogens is 254 g/mol. The molecule has 3 nitrogen and oxygen atoms in total. The average molecular weight is 264 g/mol. The van der Waals surface area contributed by atoms with Gasteiger partial charge in [-0.05, 0) is 42.8 Å². The Morgan fingerprint density at radius 3 is 2.53 bits per heavy atom. The second kappa shape index (κ2) is 5.06. The smallest absolute Gasteiger partial charge is 0.342 e. The number of aromatic carboxylic acids is 1. The van der Waals surface area contributed by atoms with Gasteiger partial charge >= 0.3 is 5.97 Å². The molecule has 0 fully saturated rings. The summed E-state index contributed by atoms with van der Waals surface area (Å²) in [5.74, 6) is -2.59. The average Bonchev–Trinajstić information content (AvgIpc) is 2.32. The third-order valence-electron chi connectivity index (χ3n) is 2.55. The Labute approximate surface area is 108 Å². The predicted octanol–water partition coefficient (Wildman–Crippen LogP) is 3.76. The quantitative estimate of drug-likeness (QED) is 0.918. The maximum atomic E-state index is 13.4. The van der Waals surface area contributed by atoms with Crippen LogP contribution in [0.4, 0.5) is 8.78 Å². The van der Waals surface area contributed by atoms with E-state index in [1.165, 1.54) is 30.3 Å². The zero-order valence-electron chi connectivity index (χ0n) is 9.98. The zero-order chi connectivity index (χ0) is 14.0. The minimum Gasteiger partial charge on any atom is -0.477 e. The first-order chi connectivity index (χ1) is 8.99. The van der Waals surface area contributed by atoms with Crippen molar-refractivity contribution in [2.75, 3.05) is 0 Å². The van der Waals surface area contributed by atoms with Crippen molar-refractivity contribution in [3.05, 3.63) is 59.2 Å². The van der Waals surface area contributed by atoms with E-state index in [4.69, 9.17) is 9.84 Å². The van der Waals surface area contributed by atoms with Crippen LogP contribution in [0.2, 0.25) is 0 Å². The zero-order valence-corrected chi connectivity index (χ0v) is 9.98. The number of carbonyl (C=O) groups is 1. The second-order valence-corrected chi connectivity index (χ2v) is 3.93. The highest BCUT2D eigenvalue weighted by Gasteiger charge is 2.17.